The van der Waals surface area contributed by atoms with Crippen molar-refractivity contribution in [1.82, 2.24) is 19.9 Å². The Kier molecular flexibility index (Phi) is 10.2. The van der Waals surface area contributed by atoms with E-state index in [1.165, 1.54) is 0 Å². The zero-order valence-electron chi connectivity index (χ0n) is 30.9. The highest BCUT2D eigenvalue weighted by Crippen LogP contribution is 2.39. The second-order valence-electron chi connectivity index (χ2n) is 13.9. The Morgan fingerprint density at radius 1 is 0.350 bits per heavy atom. The normalized spacial score (nSPS) is 11.8. The molecule has 0 radical (unpaired) electrons. The SMILES string of the molecule is O=C(Cl)c1cccc(-c2c3nc(c(-c4cccc(C(=O)Cl)c4)c4ccc([nH]4)c(-c4cccc(C(=O)Cl)c4)c4nc(c(-c5cccc(C(=O)Cl)c5)c5ccc2[nH]5)C=C4)C=C3)c1. The molecule has 4 aromatic carbocycles. The zero-order valence-corrected chi connectivity index (χ0v) is 33.9. The van der Waals surface area contributed by atoms with Crippen molar-refractivity contribution in [3.63, 3.8) is 0 Å². The molecule has 9 rings (SSSR count). The highest BCUT2D eigenvalue weighted by atomic mass is 35.5. The Hall–Kier alpha value is -6.68. The summed E-state index contributed by atoms with van der Waals surface area (Å²) in [6.45, 7) is 0. The number of halogens is 4. The average molecular weight is 865 g/mol. The number of carbonyl (C=O) groups excluding carboxylic acids is 4. The fraction of sp³-hybridized carbons (Fsp3) is 0. The van der Waals surface area contributed by atoms with Gasteiger partial charge in [-0.05, 0) is 141 Å². The first-order valence-corrected chi connectivity index (χ1v) is 19.9. The summed E-state index contributed by atoms with van der Waals surface area (Å²) in [5.41, 5.74) is 11.4. The van der Waals surface area contributed by atoms with Gasteiger partial charge in [-0.1, -0.05) is 72.8 Å². The van der Waals surface area contributed by atoms with Crippen LogP contribution in [0.5, 0.6) is 0 Å². The van der Waals surface area contributed by atoms with E-state index < -0.39 is 21.0 Å². The highest BCUT2D eigenvalue weighted by molar-refractivity contribution is 6.68. The van der Waals surface area contributed by atoms with Crippen LogP contribution in [0.1, 0.15) is 64.2 Å². The minimum Gasteiger partial charge on any atom is -0.354 e. The van der Waals surface area contributed by atoms with Gasteiger partial charge < -0.3 is 9.97 Å². The lowest BCUT2D eigenvalue weighted by molar-refractivity contribution is 0.107. The monoisotopic (exact) mass is 862 g/mol. The molecule has 0 aliphatic carbocycles. The molecule has 2 N–H and O–H groups in total. The van der Waals surface area contributed by atoms with Gasteiger partial charge in [0.2, 0.25) is 0 Å². The molecule has 2 aliphatic heterocycles. The number of rotatable bonds is 8. The molecule has 0 unspecified atom stereocenters. The lowest BCUT2D eigenvalue weighted by atomic mass is 10.0. The molecule has 0 fully saturated rings. The van der Waals surface area contributed by atoms with E-state index in [-0.39, 0.29) is 0 Å². The number of fused-ring (bicyclic) bond motifs is 8. The summed E-state index contributed by atoms with van der Waals surface area (Å²) in [4.78, 5) is 67.3. The average Bonchev–Trinajstić information content (AvgIpc) is 4.09. The maximum absolute atomic E-state index is 12.4. The summed E-state index contributed by atoms with van der Waals surface area (Å²) in [5, 5.41) is -2.44. The van der Waals surface area contributed by atoms with Gasteiger partial charge in [-0.15, -0.1) is 0 Å². The van der Waals surface area contributed by atoms with Crippen molar-refractivity contribution < 1.29 is 19.2 Å². The number of carbonyl (C=O) groups is 4. The van der Waals surface area contributed by atoms with Crippen LogP contribution in [-0.4, -0.2) is 40.9 Å². The predicted octanol–water partition coefficient (Wildman–Crippen LogP) is 12.8. The van der Waals surface area contributed by atoms with Gasteiger partial charge >= 0.3 is 0 Å². The van der Waals surface area contributed by atoms with Gasteiger partial charge in [0.05, 0.1) is 22.8 Å². The van der Waals surface area contributed by atoms with Gasteiger partial charge in [0, 0.05) is 66.6 Å². The molecule has 7 aromatic rings. The molecule has 8 bridgehead atoms. The van der Waals surface area contributed by atoms with Crippen LogP contribution in [-0.2, 0) is 0 Å². The minimum absolute atomic E-state index is 0.303. The van der Waals surface area contributed by atoms with Crippen molar-refractivity contribution in [3.8, 4) is 44.5 Å². The van der Waals surface area contributed by atoms with E-state index in [9.17, 15) is 19.2 Å². The van der Waals surface area contributed by atoms with Gasteiger partial charge in [-0.25, -0.2) is 9.97 Å². The standard InChI is InChI=1S/C48H26Cl4N4O4/c49-45(57)29-9-1-5-25(21-29)41-33-13-15-35(53-33)42(26-6-2-10-30(22-26)46(50)58)37-17-19-39(55-37)44(28-8-4-12-32(24-28)48(52)60)40-20-18-38(56-40)43(36-16-14-34(41)54-36)27-7-3-11-31(23-27)47(51)59/h1-24,53,56H. The molecule has 0 amide bonds. The minimum atomic E-state index is -0.611. The number of nitrogens with zero attached hydrogens (tertiary/aromatic N) is 2. The highest BCUT2D eigenvalue weighted by Gasteiger charge is 2.21. The second kappa shape index (κ2) is 15.8. The van der Waals surface area contributed by atoms with Crippen molar-refractivity contribution >= 4 is 114 Å². The van der Waals surface area contributed by atoms with E-state index in [2.05, 4.69) is 9.97 Å². The van der Waals surface area contributed by atoms with Crippen molar-refractivity contribution in [2.24, 2.45) is 0 Å². The Morgan fingerprint density at radius 3 is 0.800 bits per heavy atom. The first-order chi connectivity index (χ1) is 29.0. The van der Waals surface area contributed by atoms with Crippen LogP contribution in [0.3, 0.4) is 0 Å². The lowest BCUT2D eigenvalue weighted by Crippen LogP contribution is -1.93. The van der Waals surface area contributed by atoms with E-state index in [0.29, 0.717) is 112 Å². The third kappa shape index (κ3) is 7.31. The number of aromatic nitrogens is 4. The molecular weight excluding hydrogens is 838 g/mol. The van der Waals surface area contributed by atoms with Gasteiger partial charge in [-0.2, -0.15) is 0 Å². The van der Waals surface area contributed by atoms with E-state index >= 15 is 0 Å². The summed E-state index contributed by atoms with van der Waals surface area (Å²) in [6.07, 6.45) is 7.54. The van der Waals surface area contributed by atoms with Gasteiger partial charge in [-0.3, -0.25) is 19.2 Å². The van der Waals surface area contributed by atoms with Gasteiger partial charge in [0.1, 0.15) is 0 Å². The maximum atomic E-state index is 12.4. The molecule has 8 nitrogen and oxygen atoms in total. The largest absolute Gasteiger partial charge is 0.354 e. The molecule has 60 heavy (non-hydrogen) atoms. The van der Waals surface area contributed by atoms with Crippen LogP contribution >= 0.6 is 46.4 Å². The van der Waals surface area contributed by atoms with Crippen LogP contribution in [0.15, 0.2) is 121 Å². The number of hydrogen-bond acceptors (Lipinski definition) is 6. The van der Waals surface area contributed by atoms with Gasteiger partial charge in [0.25, 0.3) is 21.0 Å². The number of hydrogen-bond donors (Lipinski definition) is 2. The zero-order chi connectivity index (χ0) is 41.7. The van der Waals surface area contributed by atoms with Gasteiger partial charge in [0.15, 0.2) is 0 Å². The van der Waals surface area contributed by atoms with Crippen LogP contribution in [0.2, 0.25) is 0 Å². The fourth-order valence-electron chi connectivity index (χ4n) is 7.61. The Balaban J connectivity index is 1.48. The molecule has 5 heterocycles. The molecule has 0 spiro atoms. The van der Waals surface area contributed by atoms with E-state index in [4.69, 9.17) is 56.4 Å². The fourth-order valence-corrected chi connectivity index (χ4v) is 8.08. The van der Waals surface area contributed by atoms with Crippen molar-refractivity contribution in [2.45, 2.75) is 0 Å². The molecule has 0 atom stereocenters. The summed E-state index contributed by atoms with van der Waals surface area (Å²) in [5.74, 6) is 0. The Bertz CT molecular complexity index is 2830. The number of benzene rings is 4. The maximum Gasteiger partial charge on any atom is 0.252 e. The second-order valence-corrected chi connectivity index (χ2v) is 15.3. The third-order valence-electron chi connectivity index (χ3n) is 10.3. The van der Waals surface area contributed by atoms with Crippen LogP contribution in [0, 0.1) is 0 Å². The summed E-state index contributed by atoms with van der Waals surface area (Å²) in [6, 6.07) is 35.6. The first kappa shape index (κ1) is 38.8. The molecule has 12 heteroatoms. The molecule has 0 saturated heterocycles. The molecule has 2 aliphatic rings. The topological polar surface area (TPSA) is 126 Å². The Morgan fingerprint density at radius 2 is 0.583 bits per heavy atom. The third-order valence-corrected chi connectivity index (χ3v) is 11.1. The summed E-state index contributed by atoms with van der Waals surface area (Å²) in [7, 11) is 0. The quantitative estimate of drug-likeness (QED) is 0.147. The predicted molar refractivity (Wildman–Crippen MR) is 241 cm³/mol. The first-order valence-electron chi connectivity index (χ1n) is 18.4. The van der Waals surface area contributed by atoms with Crippen LogP contribution in [0.4, 0.5) is 0 Å². The summed E-state index contributed by atoms with van der Waals surface area (Å²) < 4.78 is 0. The summed E-state index contributed by atoms with van der Waals surface area (Å²) >= 11 is 24.0. The van der Waals surface area contributed by atoms with Crippen molar-refractivity contribution in [1.29, 1.82) is 0 Å². The molecular formula is C48H26Cl4N4O4. The van der Waals surface area contributed by atoms with Crippen LogP contribution < -0.4 is 0 Å². The van der Waals surface area contributed by atoms with E-state index in [0.717, 1.165) is 0 Å². The number of H-pyrrole nitrogens is 2. The van der Waals surface area contributed by atoms with Crippen LogP contribution in [0.25, 0.3) is 90.9 Å². The van der Waals surface area contributed by atoms with Crippen molar-refractivity contribution in [3.05, 3.63) is 166 Å². The molecule has 0 saturated carbocycles. The lowest BCUT2D eigenvalue weighted by Gasteiger charge is -2.08. The number of nitrogens with one attached hydrogen (secondary N) is 2. The Labute approximate surface area is 361 Å². The van der Waals surface area contributed by atoms with E-state index in [1.54, 1.807) is 72.8 Å². The molecule has 290 valence electrons. The molecule has 3 aromatic heterocycles. The smallest absolute Gasteiger partial charge is 0.252 e. The van der Waals surface area contributed by atoms with Crippen molar-refractivity contribution in [2.75, 3.05) is 0 Å². The van der Waals surface area contributed by atoms with E-state index in [1.807, 2.05) is 72.8 Å². The number of aromatic amines is 2.